The highest BCUT2D eigenvalue weighted by Crippen LogP contribution is 2.28. The van der Waals surface area contributed by atoms with Crippen molar-refractivity contribution in [1.82, 2.24) is 0 Å². The van der Waals surface area contributed by atoms with Crippen molar-refractivity contribution in [1.29, 1.82) is 0 Å². The summed E-state index contributed by atoms with van der Waals surface area (Å²) in [5.41, 5.74) is 1.13. The van der Waals surface area contributed by atoms with E-state index in [9.17, 15) is 0 Å². The van der Waals surface area contributed by atoms with Gasteiger partial charge in [-0.3, -0.25) is 0 Å². The molecule has 3 heterocycles. The fourth-order valence-corrected chi connectivity index (χ4v) is 2.52. The first-order chi connectivity index (χ1) is 10.7. The Balaban J connectivity index is 0.00000192. The lowest BCUT2D eigenvalue weighted by molar-refractivity contribution is -0.671. The van der Waals surface area contributed by atoms with Gasteiger partial charge in [-0.1, -0.05) is 12.1 Å². The van der Waals surface area contributed by atoms with Crippen LogP contribution >= 0.6 is 0 Å². The third-order valence-corrected chi connectivity index (χ3v) is 3.73. The highest BCUT2D eigenvalue weighted by Gasteiger charge is 2.27. The molecule has 0 atom stereocenters. The Labute approximate surface area is 145 Å². The molecule has 0 N–H and O–H groups in total. The molecule has 3 aromatic heterocycles. The summed E-state index contributed by atoms with van der Waals surface area (Å²) in [6.07, 6.45) is 8.25. The zero-order chi connectivity index (χ0) is 15.5. The van der Waals surface area contributed by atoms with Gasteiger partial charge < -0.3 is 14.1 Å². The Morgan fingerprint density at radius 3 is 1.44 bits per heavy atom. The quantitative estimate of drug-likeness (QED) is 0.429. The van der Waals surface area contributed by atoms with Crippen LogP contribution in [0.5, 0.6) is 0 Å². The van der Waals surface area contributed by atoms with Crippen molar-refractivity contribution in [2.45, 2.75) is 0 Å². The average molecular weight is 350 g/mol. The normalized spacial score (nSPS) is 9.24. The fraction of sp³-hybridized carbons (Fsp3) is 0.167. The Morgan fingerprint density at radius 2 is 1.04 bits per heavy atom. The number of pyridine rings is 3. The maximum atomic E-state index is 2.25. The zero-order valence-electron chi connectivity index (χ0n) is 14.4. The van der Waals surface area contributed by atoms with Gasteiger partial charge in [0.1, 0.15) is 12.7 Å². The van der Waals surface area contributed by atoms with Crippen LogP contribution in [0.25, 0.3) is 0 Å². The van der Waals surface area contributed by atoms with Crippen LogP contribution in [0.4, 0.5) is 17.3 Å². The highest BCUT2D eigenvalue weighted by molar-refractivity contribution is 5.68. The molecule has 0 aliphatic carbocycles. The van der Waals surface area contributed by atoms with E-state index in [1.807, 2.05) is 23.7 Å². The Kier molecular flexibility index (Phi) is 8.25. The molecule has 3 aromatic rings. The monoisotopic (exact) mass is 350 g/mol. The van der Waals surface area contributed by atoms with Crippen LogP contribution in [0.3, 0.4) is 0 Å². The van der Waals surface area contributed by atoms with Crippen LogP contribution in [0.2, 0.25) is 0 Å². The van der Waals surface area contributed by atoms with Crippen LogP contribution in [-0.2, 0) is 21.1 Å². The van der Waals surface area contributed by atoms with Gasteiger partial charge in [-0.25, -0.2) is 13.7 Å². The summed E-state index contributed by atoms with van der Waals surface area (Å²) in [7, 11) is 6.15. The summed E-state index contributed by atoms with van der Waals surface area (Å²) in [4.78, 5) is 2.25. The molecule has 0 radical (unpaired) electrons. The lowest BCUT2D eigenvalue weighted by atomic mass is 10.3. The minimum Gasteiger partial charge on any atom is -1.00 e. The van der Waals surface area contributed by atoms with Crippen molar-refractivity contribution in [2.24, 2.45) is 21.1 Å². The Morgan fingerprint density at radius 1 is 0.600 bits per heavy atom. The van der Waals surface area contributed by atoms with Gasteiger partial charge >= 0.3 is 0 Å². The summed E-state index contributed by atoms with van der Waals surface area (Å²) >= 11 is 0. The van der Waals surface area contributed by atoms with Crippen LogP contribution < -0.4 is 32.7 Å². The van der Waals surface area contributed by atoms with Crippen molar-refractivity contribution >= 4 is 17.3 Å². The van der Waals surface area contributed by atoms with E-state index in [1.54, 1.807) is 0 Å². The summed E-state index contributed by atoms with van der Waals surface area (Å²) in [5, 5.41) is 0. The van der Waals surface area contributed by atoms with Crippen LogP contribution in [-0.4, -0.2) is 0 Å². The number of halogens is 3. The minimum atomic E-state index is 0. The van der Waals surface area contributed by atoms with Gasteiger partial charge in [0.25, 0.3) is 11.6 Å². The maximum absolute atomic E-state index is 2.25. The van der Waals surface area contributed by atoms with Crippen molar-refractivity contribution in [3.63, 3.8) is 0 Å². The van der Waals surface area contributed by atoms with Gasteiger partial charge in [-0.05, 0) is 12.1 Å². The fourth-order valence-electron chi connectivity index (χ4n) is 2.52. The van der Waals surface area contributed by atoms with Gasteiger partial charge in [-0.2, -0.15) is 4.90 Å². The van der Waals surface area contributed by atoms with Crippen molar-refractivity contribution in [2.75, 3.05) is 4.90 Å². The average Bonchev–Trinajstić information content (AvgIpc) is 2.53. The molecule has 4 nitrogen and oxygen atoms in total. The summed E-state index contributed by atoms with van der Waals surface area (Å²) < 4.78 is 6.29. The van der Waals surface area contributed by atoms with Gasteiger partial charge in [0.2, 0.25) is 0 Å². The zero-order valence-corrected chi connectivity index (χ0v) is 14.4. The molecule has 0 saturated heterocycles. The third kappa shape index (κ3) is 4.53. The molecule has 0 bridgehead atoms. The molecule has 0 spiro atoms. The topological polar surface area (TPSA) is 14.9 Å². The minimum absolute atomic E-state index is 0. The van der Waals surface area contributed by atoms with E-state index in [0.717, 1.165) is 17.3 Å². The largest absolute Gasteiger partial charge is 1.00 e. The van der Waals surface area contributed by atoms with E-state index < -0.39 is 0 Å². The Hall–Kier alpha value is -2.96. The van der Waals surface area contributed by atoms with E-state index >= 15 is 0 Å². The third-order valence-electron chi connectivity index (χ3n) is 3.73. The molecular weight excluding hydrogens is 329 g/mol. The second-order valence-electron chi connectivity index (χ2n) is 5.40. The van der Waals surface area contributed by atoms with Gasteiger partial charge in [-0.15, -0.1) is 0 Å². The van der Waals surface area contributed by atoms with Crippen LogP contribution in [0.15, 0.2) is 73.3 Å². The van der Waals surface area contributed by atoms with Crippen LogP contribution in [0, 0.1) is 0 Å². The first-order valence-electron chi connectivity index (χ1n) is 7.31. The predicted octanol–water partition coefficient (Wildman–Crippen LogP) is -7.36. The van der Waals surface area contributed by atoms with E-state index in [0.29, 0.717) is 0 Å². The van der Waals surface area contributed by atoms with Gasteiger partial charge in [0.15, 0.2) is 12.4 Å². The molecule has 0 aromatic carbocycles. The van der Waals surface area contributed by atoms with E-state index in [4.69, 9.17) is 0 Å². The highest BCUT2D eigenvalue weighted by atomic mass is 19.0. The number of hydrogen-bond donors (Lipinski definition) is 0. The second kappa shape index (κ2) is 9.36. The number of hydrogen-bond acceptors (Lipinski definition) is 1. The number of rotatable bonds is 3. The molecule has 3 rings (SSSR count). The number of aromatic nitrogens is 3. The molecule has 0 aliphatic rings. The molecule has 25 heavy (non-hydrogen) atoms. The molecule has 0 amide bonds. The maximum Gasteiger partial charge on any atom is 0.289 e. The summed E-state index contributed by atoms with van der Waals surface area (Å²) in [6.45, 7) is 0. The van der Waals surface area contributed by atoms with Gasteiger partial charge in [0.05, 0.1) is 26.5 Å². The standard InChI is InChI=1S/C18H21N4.3FH/c1-19-14-10-16(11-15-19)22(17-8-4-6-12-20(17)2)18-9-5-7-13-21(18)3;;;/h4-15H,1-3H3;3*1H/q+3;;;/p-3. The number of anilines is 3. The summed E-state index contributed by atoms with van der Waals surface area (Å²) in [6, 6.07) is 16.7. The van der Waals surface area contributed by atoms with Crippen LogP contribution in [0.1, 0.15) is 0 Å². The molecule has 134 valence electrons. The molecule has 0 unspecified atom stereocenters. The van der Waals surface area contributed by atoms with Crippen molar-refractivity contribution < 1.29 is 27.8 Å². The molecule has 0 fully saturated rings. The molecule has 0 saturated carbocycles. The number of nitrogens with zero attached hydrogens (tertiary/aromatic N) is 4. The summed E-state index contributed by atoms with van der Waals surface area (Å²) in [5.74, 6) is 2.22. The molecule has 7 heteroatoms. The lowest BCUT2D eigenvalue weighted by Crippen LogP contribution is -3.00. The molecular formula is C18H21F3N4. The van der Waals surface area contributed by atoms with E-state index in [1.165, 1.54) is 0 Å². The van der Waals surface area contributed by atoms with E-state index in [2.05, 4.69) is 89.3 Å². The van der Waals surface area contributed by atoms with Crippen molar-refractivity contribution in [3.8, 4) is 0 Å². The molecule has 0 aliphatic heterocycles. The first-order valence-corrected chi connectivity index (χ1v) is 7.31. The van der Waals surface area contributed by atoms with Crippen molar-refractivity contribution in [3.05, 3.63) is 73.3 Å². The van der Waals surface area contributed by atoms with Gasteiger partial charge in [0, 0.05) is 24.3 Å². The number of aryl methyl sites for hydroxylation is 3. The van der Waals surface area contributed by atoms with E-state index in [-0.39, 0.29) is 14.1 Å². The Bertz CT molecular complexity index is 749. The predicted molar refractivity (Wildman–Crippen MR) is 84.7 cm³/mol. The second-order valence-corrected chi connectivity index (χ2v) is 5.40. The smallest absolute Gasteiger partial charge is 0.289 e. The lowest BCUT2D eigenvalue weighted by Gasteiger charge is -2.17. The first kappa shape index (κ1) is 22.0. The SMILES string of the molecule is C[n+]1ccc(N(c2cccc[n+]2C)c2cccc[n+]2C)cc1.[F-].[F-].[F-].